The Morgan fingerprint density at radius 3 is 1.52 bits per heavy atom. The van der Waals surface area contributed by atoms with E-state index in [1.54, 1.807) is 21.4 Å². The van der Waals surface area contributed by atoms with Crippen LogP contribution in [-0.4, -0.2) is 124 Å². The molecule has 6 aromatic heterocycles. The van der Waals surface area contributed by atoms with Gasteiger partial charge in [0, 0.05) is 106 Å². The van der Waals surface area contributed by atoms with Crippen LogP contribution < -0.4 is 32.0 Å². The molecule has 2 saturated heterocycles. The smallest absolute Gasteiger partial charge is 0.270 e. The van der Waals surface area contributed by atoms with E-state index in [1.165, 1.54) is 24.2 Å². The molecule has 2 aliphatic carbocycles. The maximum absolute atomic E-state index is 13.0. The number of rotatable bonds is 9. The predicted octanol–water partition coefficient (Wildman–Crippen LogP) is 6.16. The van der Waals surface area contributed by atoms with Gasteiger partial charge in [0.1, 0.15) is 46.2 Å². The van der Waals surface area contributed by atoms with Crippen LogP contribution >= 0.6 is 0 Å². The topological polar surface area (TPSA) is 237 Å². The third-order valence-corrected chi connectivity index (χ3v) is 14.7. The highest BCUT2D eigenvalue weighted by atomic mass is 32.2. The van der Waals surface area contributed by atoms with Gasteiger partial charge in [-0.2, -0.15) is 15.5 Å². The van der Waals surface area contributed by atoms with E-state index in [2.05, 4.69) is 88.6 Å². The first-order valence-corrected chi connectivity index (χ1v) is 26.3. The summed E-state index contributed by atoms with van der Waals surface area (Å²) >= 11 is 0. The van der Waals surface area contributed by atoms with Crippen LogP contribution in [-0.2, 0) is 10.8 Å². The van der Waals surface area contributed by atoms with Crippen LogP contribution in [0, 0.1) is 22.7 Å². The van der Waals surface area contributed by atoms with Crippen molar-refractivity contribution in [1.29, 1.82) is 10.5 Å². The number of anilines is 5. The lowest BCUT2D eigenvalue weighted by Gasteiger charge is -2.38. The molecule has 0 bridgehead atoms. The number of aromatic nitrogens is 8. The van der Waals surface area contributed by atoms with Crippen molar-refractivity contribution in [3.05, 3.63) is 93.0 Å². The van der Waals surface area contributed by atoms with Gasteiger partial charge >= 0.3 is 0 Å². The van der Waals surface area contributed by atoms with Crippen molar-refractivity contribution in [2.45, 2.75) is 108 Å². The van der Waals surface area contributed by atoms with Crippen molar-refractivity contribution < 1.29 is 4.21 Å². The largest absolute Gasteiger partial charge is 0.384 e. The Kier molecular flexibility index (Phi) is 16.3. The first kappa shape index (κ1) is 50.5. The first-order chi connectivity index (χ1) is 34.3. The summed E-state index contributed by atoms with van der Waals surface area (Å²) in [6.07, 6.45) is 16.4. The van der Waals surface area contributed by atoms with E-state index in [4.69, 9.17) is 11.0 Å². The minimum absolute atomic E-state index is 0.0568. The number of piperazine rings is 2. The van der Waals surface area contributed by atoms with Crippen molar-refractivity contribution in [3.8, 4) is 12.1 Å². The van der Waals surface area contributed by atoms with Crippen LogP contribution in [0.3, 0.4) is 0 Å². The maximum atomic E-state index is 13.0. The van der Waals surface area contributed by atoms with E-state index in [1.807, 2.05) is 42.7 Å². The fraction of sp³-hybridized carbons (Fsp3) is 0.490. The highest BCUT2D eigenvalue weighted by Crippen LogP contribution is 2.32. The van der Waals surface area contributed by atoms with Gasteiger partial charge in [0.2, 0.25) is 11.1 Å². The number of hydrogen-bond acceptors (Lipinski definition) is 17. The Balaban J connectivity index is 0.000000156. The Labute approximate surface area is 416 Å². The van der Waals surface area contributed by atoms with Gasteiger partial charge in [-0.1, -0.05) is 25.7 Å². The van der Waals surface area contributed by atoms with E-state index in [0.717, 1.165) is 109 Å². The molecule has 0 amide bonds. The molecule has 3 N–H and O–H groups in total. The molecule has 4 fully saturated rings. The molecule has 71 heavy (non-hydrogen) atoms. The van der Waals surface area contributed by atoms with Gasteiger partial charge in [0.15, 0.2) is 0 Å². The van der Waals surface area contributed by atoms with Gasteiger partial charge in [0.25, 0.3) is 11.1 Å². The Bertz CT molecular complexity index is 3030. The Hall–Kier alpha value is -6.87. The van der Waals surface area contributed by atoms with Crippen LogP contribution in [0.4, 0.5) is 29.0 Å². The number of pyridine rings is 4. The number of nitrogens with zero attached hydrogens (tertiary/aromatic N) is 14. The van der Waals surface area contributed by atoms with E-state index in [-0.39, 0.29) is 39.5 Å². The zero-order valence-corrected chi connectivity index (χ0v) is 42.2. The van der Waals surface area contributed by atoms with Crippen molar-refractivity contribution in [1.82, 2.24) is 48.8 Å². The summed E-state index contributed by atoms with van der Waals surface area (Å²) in [5.74, 6) is 1.62. The maximum Gasteiger partial charge on any atom is 0.270 e. The third kappa shape index (κ3) is 11.8. The monoisotopic (exact) mass is 981 g/mol. The summed E-state index contributed by atoms with van der Waals surface area (Å²) in [4.78, 5) is 61.3. The summed E-state index contributed by atoms with van der Waals surface area (Å²) in [7, 11) is -1.31. The second kappa shape index (κ2) is 22.9. The van der Waals surface area contributed by atoms with Gasteiger partial charge in [-0.15, -0.1) is 0 Å². The van der Waals surface area contributed by atoms with Gasteiger partial charge in [-0.05, 0) is 89.8 Å². The van der Waals surface area contributed by atoms with Crippen LogP contribution in [0.1, 0.15) is 102 Å². The minimum atomic E-state index is -1.31. The fourth-order valence-corrected chi connectivity index (χ4v) is 10.3. The first-order valence-electron chi connectivity index (χ1n) is 24.7. The number of nitrogens with one attached hydrogen (secondary N) is 1. The summed E-state index contributed by atoms with van der Waals surface area (Å²) < 4.78 is 14.9. The molecule has 0 radical (unpaired) electrons. The van der Waals surface area contributed by atoms with Crippen molar-refractivity contribution in [2.75, 3.05) is 79.5 Å². The van der Waals surface area contributed by atoms with E-state index >= 15 is 0 Å². The molecule has 1 unspecified atom stereocenters. The number of nitrogen functional groups attached to an aromatic ring is 1. The molecule has 20 heteroatoms. The van der Waals surface area contributed by atoms with Crippen LogP contribution in [0.5, 0.6) is 0 Å². The predicted molar refractivity (Wildman–Crippen MR) is 278 cm³/mol. The highest BCUT2D eigenvalue weighted by molar-refractivity contribution is 7.84. The van der Waals surface area contributed by atoms with Gasteiger partial charge < -0.3 is 20.9 Å². The molecule has 372 valence electrons. The lowest BCUT2D eigenvalue weighted by molar-refractivity contribution is 0.209. The normalized spacial score (nSPS) is 17.4. The van der Waals surface area contributed by atoms with Gasteiger partial charge in [-0.3, -0.25) is 32.7 Å². The fourth-order valence-electron chi connectivity index (χ4n) is 9.93. The number of nitrogens with two attached hydrogens (primary N) is 1. The standard InChI is InChI=1S/C25H30N8O.C14H14N4O2S.C12H20N4/c1-17(2)31-9-11-32(12-10-31)21-7-8-22(27-16-21)29-25-28-15-19-13-18(14-26)24(34)33(23(19)30-25)20-5-3-4-6-20;1-21(20)14-16-8-10-6-9(7-15)13(19)18(12(10)17-14)11-4-2-3-5-11;1-10(2)15-5-7-16(8-6-15)11-3-4-12(13)14-9-11/h7-8,13,15-17,20H,3-6,9-12H2,1-2H3,(H,27,28,29,30);6,8,11H,2-5H2,1H3;3-4,9-10H,5-8H2,1-2H3,(H2,13,14). The molecule has 1 atom stereocenters. The average Bonchev–Trinajstić information content (AvgIpc) is 4.13. The van der Waals surface area contributed by atoms with Crippen molar-refractivity contribution in [3.63, 3.8) is 0 Å². The second-order valence-corrected chi connectivity index (χ2v) is 20.4. The molecule has 0 aromatic carbocycles. The Morgan fingerprint density at radius 1 is 0.634 bits per heavy atom. The van der Waals surface area contributed by atoms with Crippen molar-refractivity contribution >= 4 is 61.8 Å². The average molecular weight is 981 g/mol. The van der Waals surface area contributed by atoms with Gasteiger partial charge in [-0.25, -0.2) is 24.9 Å². The molecule has 10 rings (SSSR count). The van der Waals surface area contributed by atoms with E-state index in [9.17, 15) is 19.1 Å². The molecule has 0 spiro atoms. The Morgan fingerprint density at radius 2 is 1.10 bits per heavy atom. The lowest BCUT2D eigenvalue weighted by Crippen LogP contribution is -2.48. The molecule has 6 aromatic rings. The molecule has 19 nitrogen and oxygen atoms in total. The quantitative estimate of drug-likeness (QED) is 0.154. The van der Waals surface area contributed by atoms with Crippen LogP contribution in [0.15, 0.2) is 75.9 Å². The summed E-state index contributed by atoms with van der Waals surface area (Å²) in [6.45, 7) is 17.5. The molecule has 4 aliphatic rings. The number of nitriles is 2. The molecular formula is C51H64N16O3S. The van der Waals surface area contributed by atoms with Crippen LogP contribution in [0.2, 0.25) is 0 Å². The molecule has 8 heterocycles. The zero-order valence-electron chi connectivity index (χ0n) is 41.4. The zero-order chi connectivity index (χ0) is 50.2. The van der Waals surface area contributed by atoms with Crippen LogP contribution in [0.25, 0.3) is 22.1 Å². The van der Waals surface area contributed by atoms with Gasteiger partial charge in [0.05, 0.1) is 34.6 Å². The summed E-state index contributed by atoms with van der Waals surface area (Å²) in [6, 6.07) is 16.3. The highest BCUT2D eigenvalue weighted by Gasteiger charge is 2.25. The minimum Gasteiger partial charge on any atom is -0.384 e. The molecule has 2 saturated carbocycles. The lowest BCUT2D eigenvalue weighted by atomic mass is 10.2. The summed E-state index contributed by atoms with van der Waals surface area (Å²) in [5, 5.41) is 23.3. The number of fused-ring (bicyclic) bond motifs is 2. The number of hydrogen-bond donors (Lipinski definition) is 2. The van der Waals surface area contributed by atoms with E-state index < -0.39 is 10.8 Å². The van der Waals surface area contributed by atoms with Crippen molar-refractivity contribution in [2.24, 2.45) is 0 Å². The SMILES string of the molecule is CC(C)N1CCN(c2ccc(N)nc2)CC1.CC(C)N1CCN(c2ccc(Nc3ncc4cc(C#N)c(=O)n(C5CCCC5)c4n3)nc2)CC1.CS(=O)c1ncc2cc(C#N)c(=O)n(C3CCCC3)c2n1. The third-order valence-electron chi connectivity index (χ3n) is 14.0. The second-order valence-electron chi connectivity index (χ2n) is 19.1. The molecular weight excluding hydrogens is 917 g/mol. The summed E-state index contributed by atoms with van der Waals surface area (Å²) in [5.41, 5.74) is 8.55. The van der Waals surface area contributed by atoms with E-state index in [0.29, 0.717) is 51.7 Å². The molecule has 2 aliphatic heterocycles.